The molecule has 0 aromatic rings. The molecule has 0 radical (unpaired) electrons. The lowest BCUT2D eigenvalue weighted by Crippen LogP contribution is -2.55. The Morgan fingerprint density at radius 1 is 1.29 bits per heavy atom. The van der Waals surface area contributed by atoms with E-state index in [1.54, 1.807) is 0 Å². The second-order valence-corrected chi connectivity index (χ2v) is 6.43. The van der Waals surface area contributed by atoms with Crippen LogP contribution in [0.3, 0.4) is 0 Å². The van der Waals surface area contributed by atoms with Crippen molar-refractivity contribution in [2.75, 3.05) is 13.1 Å². The number of carbonyl (C=O) groups excluding carboxylic acids is 1. The maximum atomic E-state index is 12.3. The van der Waals surface area contributed by atoms with Crippen LogP contribution in [0, 0.1) is 11.8 Å². The number of hydrogen-bond donors (Lipinski definition) is 2. The number of carboxylic acid groups (broad SMARTS) is 1. The normalized spacial score (nSPS) is 23.0. The molecule has 0 saturated heterocycles. The van der Waals surface area contributed by atoms with Gasteiger partial charge < -0.3 is 10.4 Å². The van der Waals surface area contributed by atoms with Gasteiger partial charge in [0.2, 0.25) is 5.91 Å². The summed E-state index contributed by atoms with van der Waals surface area (Å²) in [5.41, 5.74) is 0. The summed E-state index contributed by atoms with van der Waals surface area (Å²) in [4.78, 5) is 25.0. The van der Waals surface area contributed by atoms with Crippen LogP contribution in [-0.4, -0.2) is 47.1 Å². The van der Waals surface area contributed by atoms with Crippen molar-refractivity contribution in [3.05, 3.63) is 0 Å². The van der Waals surface area contributed by atoms with Crippen molar-refractivity contribution in [2.24, 2.45) is 11.8 Å². The van der Waals surface area contributed by atoms with Crippen molar-refractivity contribution in [3.8, 4) is 0 Å². The number of carboxylic acids is 1. The van der Waals surface area contributed by atoms with Crippen molar-refractivity contribution in [1.29, 1.82) is 0 Å². The molecule has 122 valence electrons. The van der Waals surface area contributed by atoms with E-state index in [0.717, 1.165) is 32.2 Å². The summed E-state index contributed by atoms with van der Waals surface area (Å²) in [5.74, 6) is -0.168. The highest BCUT2D eigenvalue weighted by molar-refractivity contribution is 5.79. The molecule has 2 N–H and O–H groups in total. The number of likely N-dealkylation sites (N-methyl/N-ethyl adjacent to an activating group) is 1. The average molecular weight is 298 g/mol. The number of aliphatic carboxylic acids is 1. The number of nitrogens with one attached hydrogen (secondary N) is 1. The molecule has 1 saturated carbocycles. The van der Waals surface area contributed by atoms with E-state index in [-0.39, 0.29) is 24.4 Å². The standard InChI is InChI=1S/C16H30N2O3/c1-5-7-14(11(3)4)16(21)17-12-8-13(9-12)18(6-2)10-15(19)20/h11-14H,5-10H2,1-4H3,(H,17,21)(H,19,20). The van der Waals surface area contributed by atoms with Crippen molar-refractivity contribution in [3.63, 3.8) is 0 Å². The van der Waals surface area contributed by atoms with Gasteiger partial charge in [-0.2, -0.15) is 0 Å². The molecule has 21 heavy (non-hydrogen) atoms. The molecule has 1 rings (SSSR count). The summed E-state index contributed by atoms with van der Waals surface area (Å²) >= 11 is 0. The van der Waals surface area contributed by atoms with Crippen LogP contribution in [0.25, 0.3) is 0 Å². The van der Waals surface area contributed by atoms with Crippen LogP contribution in [-0.2, 0) is 9.59 Å². The van der Waals surface area contributed by atoms with Gasteiger partial charge in [-0.1, -0.05) is 34.1 Å². The summed E-state index contributed by atoms with van der Waals surface area (Å²) in [6.07, 6.45) is 3.68. The molecule has 1 unspecified atom stereocenters. The molecule has 1 aliphatic rings. The average Bonchev–Trinajstić information content (AvgIpc) is 2.36. The first-order valence-electron chi connectivity index (χ1n) is 8.15. The second-order valence-electron chi connectivity index (χ2n) is 6.43. The first kappa shape index (κ1) is 18.0. The lowest BCUT2D eigenvalue weighted by Gasteiger charge is -2.42. The number of amides is 1. The Morgan fingerprint density at radius 3 is 2.33 bits per heavy atom. The molecule has 1 fully saturated rings. The highest BCUT2D eigenvalue weighted by Gasteiger charge is 2.35. The van der Waals surface area contributed by atoms with Gasteiger partial charge in [0.05, 0.1) is 6.54 Å². The lowest BCUT2D eigenvalue weighted by atomic mass is 9.83. The van der Waals surface area contributed by atoms with Crippen LogP contribution in [0.1, 0.15) is 53.4 Å². The van der Waals surface area contributed by atoms with Crippen LogP contribution in [0.2, 0.25) is 0 Å². The van der Waals surface area contributed by atoms with Gasteiger partial charge in [0, 0.05) is 18.0 Å². The fourth-order valence-electron chi connectivity index (χ4n) is 3.06. The van der Waals surface area contributed by atoms with Crippen LogP contribution in [0.15, 0.2) is 0 Å². The highest BCUT2D eigenvalue weighted by atomic mass is 16.4. The molecular formula is C16H30N2O3. The van der Waals surface area contributed by atoms with Gasteiger partial charge in [-0.25, -0.2) is 0 Å². The van der Waals surface area contributed by atoms with Gasteiger partial charge in [-0.05, 0) is 31.7 Å². The minimum absolute atomic E-state index is 0.0896. The quantitative estimate of drug-likeness (QED) is 0.684. The van der Waals surface area contributed by atoms with Gasteiger partial charge in [0.25, 0.3) is 0 Å². The minimum atomic E-state index is -0.785. The van der Waals surface area contributed by atoms with Crippen molar-refractivity contribution in [1.82, 2.24) is 10.2 Å². The topological polar surface area (TPSA) is 69.6 Å². The van der Waals surface area contributed by atoms with E-state index in [1.807, 2.05) is 11.8 Å². The zero-order chi connectivity index (χ0) is 16.0. The molecule has 1 atom stereocenters. The Balaban J connectivity index is 2.39. The SMILES string of the molecule is CCCC(C(=O)NC1CC(N(CC)CC(=O)O)C1)C(C)C. The first-order valence-corrected chi connectivity index (χ1v) is 8.15. The third-order valence-corrected chi connectivity index (χ3v) is 4.46. The largest absolute Gasteiger partial charge is 0.480 e. The number of hydrogen-bond acceptors (Lipinski definition) is 3. The predicted molar refractivity (Wildman–Crippen MR) is 83.1 cm³/mol. The molecule has 0 aliphatic heterocycles. The maximum absolute atomic E-state index is 12.3. The zero-order valence-electron chi connectivity index (χ0n) is 13.8. The first-order chi connectivity index (χ1) is 9.88. The summed E-state index contributed by atoms with van der Waals surface area (Å²) < 4.78 is 0. The monoisotopic (exact) mass is 298 g/mol. The van der Waals surface area contributed by atoms with Gasteiger partial charge in [-0.3, -0.25) is 14.5 Å². The van der Waals surface area contributed by atoms with Gasteiger partial charge in [0.1, 0.15) is 0 Å². The predicted octanol–water partition coefficient (Wildman–Crippen LogP) is 2.11. The second kappa shape index (κ2) is 8.37. The molecule has 0 aromatic heterocycles. The van der Waals surface area contributed by atoms with Gasteiger partial charge in [0.15, 0.2) is 0 Å². The van der Waals surface area contributed by atoms with Crippen molar-refractivity contribution < 1.29 is 14.7 Å². The number of rotatable bonds is 9. The molecule has 5 heteroatoms. The molecule has 0 bridgehead atoms. The van der Waals surface area contributed by atoms with E-state index in [1.165, 1.54) is 0 Å². The Morgan fingerprint density at radius 2 is 1.90 bits per heavy atom. The third kappa shape index (κ3) is 5.30. The summed E-state index contributed by atoms with van der Waals surface area (Å²) in [6.45, 7) is 9.09. The van der Waals surface area contributed by atoms with E-state index in [9.17, 15) is 9.59 Å². The fraction of sp³-hybridized carbons (Fsp3) is 0.875. The maximum Gasteiger partial charge on any atom is 0.317 e. The van der Waals surface area contributed by atoms with Crippen molar-refractivity contribution >= 4 is 11.9 Å². The van der Waals surface area contributed by atoms with E-state index in [0.29, 0.717) is 12.0 Å². The minimum Gasteiger partial charge on any atom is -0.480 e. The molecule has 0 heterocycles. The van der Waals surface area contributed by atoms with E-state index >= 15 is 0 Å². The van der Waals surface area contributed by atoms with E-state index < -0.39 is 5.97 Å². The molecule has 0 spiro atoms. The van der Waals surface area contributed by atoms with Crippen LogP contribution < -0.4 is 5.32 Å². The van der Waals surface area contributed by atoms with Crippen LogP contribution >= 0.6 is 0 Å². The zero-order valence-corrected chi connectivity index (χ0v) is 13.8. The third-order valence-electron chi connectivity index (χ3n) is 4.46. The molecule has 1 amide bonds. The Bertz CT molecular complexity index is 351. The molecular weight excluding hydrogens is 268 g/mol. The highest BCUT2D eigenvalue weighted by Crippen LogP contribution is 2.27. The molecule has 1 aliphatic carbocycles. The van der Waals surface area contributed by atoms with Gasteiger partial charge in [-0.15, -0.1) is 0 Å². The summed E-state index contributed by atoms with van der Waals surface area (Å²) in [7, 11) is 0. The number of nitrogens with zero attached hydrogens (tertiary/aromatic N) is 1. The molecule has 5 nitrogen and oxygen atoms in total. The van der Waals surface area contributed by atoms with Crippen LogP contribution in [0.4, 0.5) is 0 Å². The Labute approximate surface area is 128 Å². The lowest BCUT2D eigenvalue weighted by molar-refractivity contribution is -0.140. The smallest absolute Gasteiger partial charge is 0.317 e. The van der Waals surface area contributed by atoms with E-state index in [2.05, 4.69) is 26.1 Å². The van der Waals surface area contributed by atoms with E-state index in [4.69, 9.17) is 5.11 Å². The van der Waals surface area contributed by atoms with Crippen molar-refractivity contribution in [2.45, 2.75) is 65.5 Å². The Kier molecular flexibility index (Phi) is 7.15. The van der Waals surface area contributed by atoms with Crippen LogP contribution in [0.5, 0.6) is 0 Å². The Hall–Kier alpha value is -1.10. The fourth-order valence-corrected chi connectivity index (χ4v) is 3.06. The summed E-state index contributed by atoms with van der Waals surface area (Å²) in [5, 5.41) is 12.0. The van der Waals surface area contributed by atoms with Gasteiger partial charge >= 0.3 is 5.97 Å². The number of carbonyl (C=O) groups is 2. The summed E-state index contributed by atoms with van der Waals surface area (Å²) in [6, 6.07) is 0.503. The molecule has 0 aromatic carbocycles.